The lowest BCUT2D eigenvalue weighted by Gasteiger charge is -2.27. The maximum absolute atomic E-state index is 14.0. The number of amides is 1. The van der Waals surface area contributed by atoms with Crippen LogP contribution in [0.25, 0.3) is 10.6 Å². The van der Waals surface area contributed by atoms with Gasteiger partial charge in [0.1, 0.15) is 10.8 Å². The Morgan fingerprint density at radius 3 is 2.43 bits per heavy atom. The quantitative estimate of drug-likeness (QED) is 0.299. The highest BCUT2D eigenvalue weighted by atomic mass is 32.1. The number of carbonyl (C=O) groups is 2. The molecule has 37 heavy (non-hydrogen) atoms. The molecule has 1 aliphatic rings. The Balaban J connectivity index is 1.65. The lowest BCUT2D eigenvalue weighted by Crippen LogP contribution is -2.31. The Labute approximate surface area is 219 Å². The number of rotatable bonds is 6. The number of hydrogen-bond donors (Lipinski definition) is 1. The second-order valence-corrected chi connectivity index (χ2v) is 10.0. The van der Waals surface area contributed by atoms with Crippen molar-refractivity contribution in [3.05, 3.63) is 111 Å². The fourth-order valence-corrected chi connectivity index (χ4v) is 5.57. The van der Waals surface area contributed by atoms with Gasteiger partial charge in [-0.2, -0.15) is 0 Å². The average molecular weight is 511 g/mol. The van der Waals surface area contributed by atoms with Gasteiger partial charge in [0.05, 0.1) is 29.3 Å². The van der Waals surface area contributed by atoms with Crippen molar-refractivity contribution in [1.82, 2.24) is 4.98 Å². The summed E-state index contributed by atoms with van der Waals surface area (Å²) < 4.78 is 5.42. The van der Waals surface area contributed by atoms with Crippen molar-refractivity contribution in [2.75, 3.05) is 12.0 Å². The van der Waals surface area contributed by atoms with Gasteiger partial charge in [-0.25, -0.2) is 4.98 Å². The van der Waals surface area contributed by atoms with Crippen LogP contribution in [-0.4, -0.2) is 28.9 Å². The van der Waals surface area contributed by atoms with E-state index in [0.29, 0.717) is 32.6 Å². The molecule has 6 nitrogen and oxygen atoms in total. The molecule has 1 aliphatic heterocycles. The van der Waals surface area contributed by atoms with Crippen LogP contribution in [0.4, 0.5) is 5.69 Å². The van der Waals surface area contributed by atoms with Crippen LogP contribution < -0.4 is 9.64 Å². The van der Waals surface area contributed by atoms with Gasteiger partial charge < -0.3 is 9.84 Å². The molecule has 7 heteroatoms. The first-order valence-electron chi connectivity index (χ1n) is 11.9. The fourth-order valence-electron chi connectivity index (χ4n) is 4.54. The number of nitrogens with zero attached hydrogens (tertiary/aromatic N) is 2. The molecule has 1 unspecified atom stereocenters. The van der Waals surface area contributed by atoms with Gasteiger partial charge in [0.2, 0.25) is 5.78 Å². The summed E-state index contributed by atoms with van der Waals surface area (Å²) in [5, 5.41) is 11.8. The second kappa shape index (κ2) is 9.67. The maximum Gasteiger partial charge on any atom is 0.294 e. The van der Waals surface area contributed by atoms with E-state index in [0.717, 1.165) is 16.7 Å². The minimum absolute atomic E-state index is 0.0304. The molecule has 0 fully saturated rings. The van der Waals surface area contributed by atoms with E-state index < -0.39 is 23.5 Å². The summed E-state index contributed by atoms with van der Waals surface area (Å²) in [5.74, 6) is -0.999. The van der Waals surface area contributed by atoms with Crippen molar-refractivity contribution in [2.24, 2.45) is 0 Å². The molecule has 4 aromatic rings. The lowest BCUT2D eigenvalue weighted by molar-refractivity contribution is -0.117. The molecule has 1 N–H and O–H groups in total. The van der Waals surface area contributed by atoms with Gasteiger partial charge in [0.15, 0.2) is 5.76 Å². The highest BCUT2D eigenvalue weighted by Gasteiger charge is 2.45. The summed E-state index contributed by atoms with van der Waals surface area (Å²) in [4.78, 5) is 34.1. The Morgan fingerprint density at radius 1 is 0.973 bits per heavy atom. The van der Waals surface area contributed by atoms with Crippen molar-refractivity contribution in [2.45, 2.75) is 26.8 Å². The summed E-state index contributed by atoms with van der Waals surface area (Å²) in [6, 6.07) is 21.7. The fraction of sp³-hybridized carbons (Fsp3) is 0.167. The van der Waals surface area contributed by atoms with Gasteiger partial charge in [-0.15, -0.1) is 11.3 Å². The Morgan fingerprint density at radius 2 is 1.73 bits per heavy atom. The number of aliphatic hydroxyl groups is 1. The van der Waals surface area contributed by atoms with E-state index in [4.69, 9.17) is 4.74 Å². The number of methoxy groups -OCH3 is 1. The van der Waals surface area contributed by atoms with Crippen LogP contribution in [0.1, 0.15) is 38.1 Å². The normalized spacial score (nSPS) is 15.4. The van der Waals surface area contributed by atoms with E-state index in [2.05, 4.69) is 4.98 Å². The zero-order valence-electron chi connectivity index (χ0n) is 21.0. The van der Waals surface area contributed by atoms with Gasteiger partial charge in [0, 0.05) is 11.3 Å². The van der Waals surface area contributed by atoms with Gasteiger partial charge >= 0.3 is 0 Å². The van der Waals surface area contributed by atoms with E-state index in [-0.39, 0.29) is 5.57 Å². The van der Waals surface area contributed by atoms with Crippen molar-refractivity contribution in [3.8, 4) is 16.3 Å². The highest BCUT2D eigenvalue weighted by molar-refractivity contribution is 7.17. The van der Waals surface area contributed by atoms with Crippen LogP contribution in [0.2, 0.25) is 0 Å². The number of ether oxygens (including phenoxy) is 1. The molecular weight excluding hydrogens is 484 g/mol. The van der Waals surface area contributed by atoms with Gasteiger partial charge in [-0.05, 0) is 61.7 Å². The molecule has 0 saturated carbocycles. The largest absolute Gasteiger partial charge is 0.503 e. The van der Waals surface area contributed by atoms with Gasteiger partial charge in [-0.3, -0.25) is 14.5 Å². The molecule has 1 atom stereocenters. The first kappa shape index (κ1) is 24.5. The van der Waals surface area contributed by atoms with Gasteiger partial charge in [0.25, 0.3) is 5.91 Å². The number of benzene rings is 3. The van der Waals surface area contributed by atoms with Gasteiger partial charge in [-0.1, -0.05) is 48.5 Å². The monoisotopic (exact) mass is 510 g/mol. The molecule has 3 aromatic carbocycles. The van der Waals surface area contributed by atoms with E-state index in [9.17, 15) is 14.7 Å². The minimum Gasteiger partial charge on any atom is -0.503 e. The first-order valence-corrected chi connectivity index (χ1v) is 12.7. The number of aliphatic hydroxyl groups excluding tert-OH is 1. The topological polar surface area (TPSA) is 79.7 Å². The number of anilines is 1. The van der Waals surface area contributed by atoms with Crippen LogP contribution in [-0.2, 0) is 4.79 Å². The zero-order valence-corrected chi connectivity index (χ0v) is 21.8. The number of carbonyl (C=O) groups excluding carboxylic acids is 2. The van der Waals surface area contributed by atoms with E-state index >= 15 is 0 Å². The summed E-state index contributed by atoms with van der Waals surface area (Å²) in [6.07, 6.45) is 0. The number of ketones is 1. The third-order valence-electron chi connectivity index (χ3n) is 6.65. The molecular formula is C30H26N2O4S. The van der Waals surface area contributed by atoms with E-state index in [1.807, 2.05) is 68.4 Å². The zero-order chi connectivity index (χ0) is 26.3. The predicted molar refractivity (Wildman–Crippen MR) is 145 cm³/mol. The average Bonchev–Trinajstić information content (AvgIpc) is 3.43. The minimum atomic E-state index is -0.834. The summed E-state index contributed by atoms with van der Waals surface area (Å²) in [7, 11) is 1.56. The summed E-state index contributed by atoms with van der Waals surface area (Å²) in [6.45, 7) is 5.73. The summed E-state index contributed by atoms with van der Waals surface area (Å²) in [5.41, 5.74) is 4.82. The number of hydrogen-bond acceptors (Lipinski definition) is 6. The van der Waals surface area contributed by atoms with Crippen molar-refractivity contribution in [1.29, 1.82) is 0 Å². The van der Waals surface area contributed by atoms with Crippen LogP contribution in [0.3, 0.4) is 0 Å². The summed E-state index contributed by atoms with van der Waals surface area (Å²) >= 11 is 1.26. The number of thiazole rings is 1. The number of Topliss-reactive ketones (excluding diaryl/α,β-unsaturated/α-hetero) is 1. The Kier molecular flexibility index (Phi) is 6.39. The molecule has 0 saturated heterocycles. The van der Waals surface area contributed by atoms with E-state index in [1.54, 1.807) is 32.2 Å². The first-order chi connectivity index (χ1) is 17.8. The number of aryl methyl sites for hydroxylation is 3. The maximum atomic E-state index is 14.0. The van der Waals surface area contributed by atoms with Crippen molar-refractivity contribution in [3.63, 3.8) is 0 Å². The van der Waals surface area contributed by atoms with E-state index in [1.165, 1.54) is 16.2 Å². The second-order valence-electron chi connectivity index (χ2n) is 9.01. The van der Waals surface area contributed by atoms with Crippen molar-refractivity contribution >= 4 is 28.7 Å². The predicted octanol–water partition coefficient (Wildman–Crippen LogP) is 6.53. The van der Waals surface area contributed by atoms with Crippen LogP contribution in [0.15, 0.2) is 84.1 Å². The van der Waals surface area contributed by atoms with Crippen LogP contribution in [0, 0.1) is 20.8 Å². The Bertz CT molecular complexity index is 1560. The lowest BCUT2D eigenvalue weighted by atomic mass is 9.94. The molecule has 1 amide bonds. The Hall–Kier alpha value is -4.23. The smallest absolute Gasteiger partial charge is 0.294 e. The molecule has 0 radical (unpaired) electrons. The SMILES string of the molecule is COc1cccc(C2C(C(=O)c3sc(-c4ccccc4)nc3C)=C(O)C(=O)N2c2ccc(C)c(C)c2)c1. The van der Waals surface area contributed by atoms with Crippen LogP contribution >= 0.6 is 11.3 Å². The van der Waals surface area contributed by atoms with Crippen molar-refractivity contribution < 1.29 is 19.4 Å². The molecule has 1 aromatic heterocycles. The highest BCUT2D eigenvalue weighted by Crippen LogP contribution is 2.44. The molecule has 186 valence electrons. The standard InChI is InChI=1S/C30H26N2O4S/c1-17-13-14-22(15-18(17)2)32-25(21-11-8-12-23(16-21)36-4)24(27(34)30(32)35)26(33)28-19(3)31-29(37-28)20-9-6-5-7-10-20/h5-16,25,34H,1-4H3. The molecule has 0 bridgehead atoms. The number of aromatic nitrogens is 1. The third-order valence-corrected chi connectivity index (χ3v) is 7.86. The molecule has 5 rings (SSSR count). The molecule has 0 spiro atoms. The third kappa shape index (κ3) is 4.32. The molecule has 0 aliphatic carbocycles. The molecule has 2 heterocycles. The van der Waals surface area contributed by atoms with Crippen LogP contribution in [0.5, 0.6) is 5.75 Å².